The molecule has 1 rings (SSSR count). The van der Waals surface area contributed by atoms with Crippen LogP contribution in [-0.4, -0.2) is 16.4 Å². The van der Waals surface area contributed by atoms with Gasteiger partial charge in [-0.2, -0.15) is 0 Å². The van der Waals surface area contributed by atoms with Gasteiger partial charge in [-0.1, -0.05) is 0 Å². The lowest BCUT2D eigenvalue weighted by Crippen LogP contribution is -1.98. The zero-order valence-corrected chi connectivity index (χ0v) is 5.53. The average Bonchev–Trinajstić information content (AvgIpc) is 1.88. The van der Waals surface area contributed by atoms with Gasteiger partial charge in [-0.25, -0.2) is 4.98 Å². The highest BCUT2D eigenvalue weighted by atomic mass is 16.1. The van der Waals surface area contributed by atoms with E-state index in [9.17, 15) is 4.79 Å². The molecule has 0 radical (unpaired) electrons. The minimum absolute atomic E-state index is 0.481. The molecule has 1 heterocycles. The van der Waals surface area contributed by atoms with Gasteiger partial charge < -0.3 is 5.32 Å². The molecule has 52 valence electrons. The molecule has 1 amide bonds. The Labute approximate surface area is 58.3 Å². The summed E-state index contributed by atoms with van der Waals surface area (Å²) in [6.45, 7) is 1.81. The van der Waals surface area contributed by atoms with Gasteiger partial charge in [0.25, 0.3) is 0 Å². The number of hydrogen-bond acceptors (Lipinski definition) is 3. The number of carbonyl (C=O) groups is 1. The molecule has 0 aliphatic carbocycles. The van der Waals surface area contributed by atoms with E-state index in [0.29, 0.717) is 12.2 Å². The Morgan fingerprint density at radius 3 is 3.00 bits per heavy atom. The number of hydrogen-bond donors (Lipinski definition) is 1. The van der Waals surface area contributed by atoms with Crippen molar-refractivity contribution in [3.63, 3.8) is 0 Å². The predicted molar refractivity (Wildman–Crippen MR) is 36.5 cm³/mol. The molecule has 4 nitrogen and oxygen atoms in total. The van der Waals surface area contributed by atoms with Crippen LogP contribution in [0.5, 0.6) is 0 Å². The molecule has 1 aromatic heterocycles. The van der Waals surface area contributed by atoms with Gasteiger partial charge >= 0.3 is 0 Å². The van der Waals surface area contributed by atoms with Crippen molar-refractivity contribution in [3.8, 4) is 0 Å². The van der Waals surface area contributed by atoms with Gasteiger partial charge in [0.05, 0.1) is 11.9 Å². The number of aryl methyl sites for hydroxylation is 1. The monoisotopic (exact) mass is 137 g/mol. The van der Waals surface area contributed by atoms with Crippen LogP contribution in [0.1, 0.15) is 5.69 Å². The van der Waals surface area contributed by atoms with Gasteiger partial charge in [0, 0.05) is 6.20 Å². The third-order valence-corrected chi connectivity index (χ3v) is 0.962. The standard InChI is InChI=1S/C6H7N3O/c1-5-2-7-3-6(9-5)8-4-10/h2-4H,1H3,(H,8,9,10). The fourth-order valence-electron chi connectivity index (χ4n) is 0.593. The first-order chi connectivity index (χ1) is 4.83. The van der Waals surface area contributed by atoms with Gasteiger partial charge in [0.1, 0.15) is 0 Å². The van der Waals surface area contributed by atoms with Crippen molar-refractivity contribution < 1.29 is 4.79 Å². The Bertz CT molecular complexity index is 236. The van der Waals surface area contributed by atoms with Crippen LogP contribution in [0.3, 0.4) is 0 Å². The van der Waals surface area contributed by atoms with Crippen LogP contribution in [0.2, 0.25) is 0 Å². The molecule has 10 heavy (non-hydrogen) atoms. The molecule has 1 N–H and O–H groups in total. The molecular weight excluding hydrogens is 130 g/mol. The van der Waals surface area contributed by atoms with Crippen LogP contribution in [0.25, 0.3) is 0 Å². The quantitative estimate of drug-likeness (QED) is 0.598. The van der Waals surface area contributed by atoms with Crippen molar-refractivity contribution >= 4 is 12.2 Å². The van der Waals surface area contributed by atoms with Crippen LogP contribution in [0.4, 0.5) is 5.82 Å². The lowest BCUT2D eigenvalue weighted by atomic mass is 10.5. The van der Waals surface area contributed by atoms with Crippen LogP contribution in [0, 0.1) is 6.92 Å². The number of aromatic nitrogens is 2. The molecule has 0 saturated carbocycles. The van der Waals surface area contributed by atoms with E-state index in [2.05, 4.69) is 15.3 Å². The number of nitrogens with one attached hydrogen (secondary N) is 1. The third kappa shape index (κ3) is 1.51. The summed E-state index contributed by atoms with van der Waals surface area (Å²) in [6.07, 6.45) is 3.68. The lowest BCUT2D eigenvalue weighted by molar-refractivity contribution is -0.105. The minimum Gasteiger partial charge on any atom is -0.312 e. The maximum absolute atomic E-state index is 9.91. The summed E-state index contributed by atoms with van der Waals surface area (Å²) < 4.78 is 0. The van der Waals surface area contributed by atoms with E-state index in [1.54, 1.807) is 6.20 Å². The highest BCUT2D eigenvalue weighted by Gasteiger charge is 1.90. The number of anilines is 1. The van der Waals surface area contributed by atoms with E-state index in [-0.39, 0.29) is 0 Å². The molecule has 0 fully saturated rings. The zero-order chi connectivity index (χ0) is 7.40. The Hall–Kier alpha value is -1.45. The van der Waals surface area contributed by atoms with Crippen molar-refractivity contribution in [2.75, 3.05) is 5.32 Å². The molecule has 0 unspecified atom stereocenters. The first-order valence-corrected chi connectivity index (χ1v) is 2.82. The van der Waals surface area contributed by atoms with Gasteiger partial charge in [-0.05, 0) is 6.92 Å². The number of rotatable bonds is 2. The zero-order valence-electron chi connectivity index (χ0n) is 5.53. The summed E-state index contributed by atoms with van der Waals surface area (Å²) in [7, 11) is 0. The summed E-state index contributed by atoms with van der Waals surface area (Å²) in [4.78, 5) is 17.7. The normalized spacial score (nSPS) is 8.90. The molecule has 4 heteroatoms. The van der Waals surface area contributed by atoms with Crippen LogP contribution in [0.15, 0.2) is 12.4 Å². The van der Waals surface area contributed by atoms with E-state index < -0.39 is 0 Å². The summed E-state index contributed by atoms with van der Waals surface area (Å²) in [5.74, 6) is 0.481. The number of amides is 1. The van der Waals surface area contributed by atoms with E-state index in [1.165, 1.54) is 6.20 Å². The maximum atomic E-state index is 9.91. The van der Waals surface area contributed by atoms with Crippen LogP contribution >= 0.6 is 0 Å². The van der Waals surface area contributed by atoms with Gasteiger partial charge in [-0.3, -0.25) is 9.78 Å². The summed E-state index contributed by atoms with van der Waals surface area (Å²) >= 11 is 0. The fourth-order valence-corrected chi connectivity index (χ4v) is 0.593. The fraction of sp³-hybridized carbons (Fsp3) is 0.167. The Kier molecular flexibility index (Phi) is 1.94. The van der Waals surface area contributed by atoms with Gasteiger partial charge in [-0.15, -0.1) is 0 Å². The molecule has 0 saturated heterocycles. The largest absolute Gasteiger partial charge is 0.312 e. The average molecular weight is 137 g/mol. The summed E-state index contributed by atoms with van der Waals surface area (Å²) in [5, 5.41) is 2.39. The first kappa shape index (κ1) is 6.67. The molecule has 1 aromatic rings. The van der Waals surface area contributed by atoms with Gasteiger partial charge in [0.2, 0.25) is 6.41 Å². The van der Waals surface area contributed by atoms with E-state index in [0.717, 1.165) is 5.69 Å². The summed E-state index contributed by atoms with van der Waals surface area (Å²) in [5.41, 5.74) is 0.784. The van der Waals surface area contributed by atoms with Crippen LogP contribution < -0.4 is 5.32 Å². The molecule has 0 aromatic carbocycles. The molecule has 0 aliphatic heterocycles. The predicted octanol–water partition coefficient (Wildman–Crippen LogP) is 0.353. The third-order valence-electron chi connectivity index (χ3n) is 0.962. The van der Waals surface area contributed by atoms with Crippen LogP contribution in [-0.2, 0) is 4.79 Å². The van der Waals surface area contributed by atoms with E-state index in [1.807, 2.05) is 6.92 Å². The number of carbonyl (C=O) groups excluding carboxylic acids is 1. The molecule has 0 bridgehead atoms. The molecular formula is C6H7N3O. The number of nitrogens with zero attached hydrogens (tertiary/aromatic N) is 2. The summed E-state index contributed by atoms with van der Waals surface area (Å²) in [6, 6.07) is 0. The SMILES string of the molecule is Cc1cncc(NC=O)n1. The van der Waals surface area contributed by atoms with E-state index in [4.69, 9.17) is 0 Å². The van der Waals surface area contributed by atoms with Crippen molar-refractivity contribution in [2.45, 2.75) is 6.92 Å². The Morgan fingerprint density at radius 1 is 1.60 bits per heavy atom. The lowest BCUT2D eigenvalue weighted by Gasteiger charge is -1.95. The van der Waals surface area contributed by atoms with E-state index >= 15 is 0 Å². The maximum Gasteiger partial charge on any atom is 0.212 e. The smallest absolute Gasteiger partial charge is 0.212 e. The molecule has 0 atom stereocenters. The van der Waals surface area contributed by atoms with Crippen molar-refractivity contribution in [1.82, 2.24) is 9.97 Å². The second-order valence-electron chi connectivity index (χ2n) is 1.81. The van der Waals surface area contributed by atoms with Crippen molar-refractivity contribution in [2.24, 2.45) is 0 Å². The van der Waals surface area contributed by atoms with Crippen molar-refractivity contribution in [3.05, 3.63) is 18.1 Å². The Morgan fingerprint density at radius 2 is 2.40 bits per heavy atom. The van der Waals surface area contributed by atoms with Gasteiger partial charge in [0.15, 0.2) is 5.82 Å². The highest BCUT2D eigenvalue weighted by molar-refractivity contribution is 5.68. The second-order valence-corrected chi connectivity index (χ2v) is 1.81. The molecule has 0 aliphatic rings. The second kappa shape index (κ2) is 2.91. The Balaban J connectivity index is 2.84. The molecule has 0 spiro atoms. The van der Waals surface area contributed by atoms with Crippen molar-refractivity contribution in [1.29, 1.82) is 0 Å². The minimum atomic E-state index is 0.481. The highest BCUT2D eigenvalue weighted by Crippen LogP contribution is 1.97. The first-order valence-electron chi connectivity index (χ1n) is 2.82. The topological polar surface area (TPSA) is 54.9 Å².